The van der Waals surface area contributed by atoms with E-state index in [2.05, 4.69) is 28.1 Å². The largest absolute Gasteiger partial charge is 0.0884 e. The molecule has 0 heterocycles. The molecular formula is C13H16BrCl. The summed E-state index contributed by atoms with van der Waals surface area (Å²) in [6.07, 6.45) is 6.73. The highest BCUT2D eigenvalue weighted by Crippen LogP contribution is 2.33. The third kappa shape index (κ3) is 3.22. The molecule has 0 spiro atoms. The minimum absolute atomic E-state index is 0.640. The first-order valence-electron chi connectivity index (χ1n) is 5.64. The molecule has 0 aliphatic heterocycles. The Hall–Kier alpha value is -0.0100. The van der Waals surface area contributed by atoms with E-state index in [4.69, 9.17) is 11.6 Å². The highest BCUT2D eigenvalue weighted by atomic mass is 79.9. The fourth-order valence-corrected chi connectivity index (χ4v) is 3.36. The summed E-state index contributed by atoms with van der Waals surface area (Å²) in [5, 5.41) is 0.825. The third-order valence-corrected chi connectivity index (χ3v) is 4.58. The first kappa shape index (κ1) is 11.5. The van der Waals surface area contributed by atoms with Crippen LogP contribution in [-0.4, -0.2) is 4.83 Å². The van der Waals surface area contributed by atoms with E-state index in [0.29, 0.717) is 4.83 Å². The zero-order valence-electron chi connectivity index (χ0n) is 8.76. The second-order valence-electron chi connectivity index (χ2n) is 4.39. The fourth-order valence-electron chi connectivity index (χ4n) is 2.33. The highest BCUT2D eigenvalue weighted by Gasteiger charge is 2.22. The molecule has 0 nitrogen and oxygen atoms in total. The highest BCUT2D eigenvalue weighted by molar-refractivity contribution is 9.09. The van der Waals surface area contributed by atoms with Gasteiger partial charge in [0.05, 0.1) is 0 Å². The lowest BCUT2D eigenvalue weighted by atomic mass is 9.98. The van der Waals surface area contributed by atoms with Crippen molar-refractivity contribution in [3.05, 3.63) is 34.9 Å². The molecule has 1 aromatic carbocycles. The summed E-state index contributed by atoms with van der Waals surface area (Å²) in [5.41, 5.74) is 1.38. The van der Waals surface area contributed by atoms with Crippen LogP contribution in [-0.2, 0) is 6.42 Å². The predicted octanol–water partition coefficient (Wildman–Crippen LogP) is 4.84. The van der Waals surface area contributed by atoms with Crippen molar-refractivity contribution in [1.82, 2.24) is 0 Å². The van der Waals surface area contributed by atoms with Crippen LogP contribution in [0.15, 0.2) is 24.3 Å². The predicted molar refractivity (Wildman–Crippen MR) is 69.8 cm³/mol. The topological polar surface area (TPSA) is 0 Å². The average Bonchev–Trinajstić information content (AvgIpc) is 2.74. The summed E-state index contributed by atoms with van der Waals surface area (Å²) in [5.74, 6) is 0.876. The van der Waals surface area contributed by atoms with Crippen LogP contribution in [0.1, 0.15) is 31.2 Å². The van der Waals surface area contributed by atoms with Crippen LogP contribution in [0.3, 0.4) is 0 Å². The van der Waals surface area contributed by atoms with Crippen LogP contribution >= 0.6 is 27.5 Å². The van der Waals surface area contributed by atoms with Gasteiger partial charge >= 0.3 is 0 Å². The Kier molecular flexibility index (Phi) is 4.10. The van der Waals surface area contributed by atoms with Gasteiger partial charge in [-0.3, -0.25) is 0 Å². The van der Waals surface area contributed by atoms with Crippen LogP contribution < -0.4 is 0 Å². The SMILES string of the molecule is Clc1ccc(CC(Br)C2CCCC2)cc1. The van der Waals surface area contributed by atoms with E-state index in [9.17, 15) is 0 Å². The molecule has 15 heavy (non-hydrogen) atoms. The van der Waals surface area contributed by atoms with Crippen LogP contribution in [0.4, 0.5) is 0 Å². The monoisotopic (exact) mass is 286 g/mol. The van der Waals surface area contributed by atoms with Crippen molar-refractivity contribution in [2.75, 3.05) is 0 Å². The Labute approximate surface area is 105 Å². The quantitative estimate of drug-likeness (QED) is 0.698. The van der Waals surface area contributed by atoms with Crippen molar-refractivity contribution < 1.29 is 0 Å². The van der Waals surface area contributed by atoms with E-state index in [1.807, 2.05) is 12.1 Å². The molecule has 0 amide bonds. The molecule has 0 N–H and O–H groups in total. The van der Waals surface area contributed by atoms with Gasteiger partial charge in [-0.15, -0.1) is 0 Å². The van der Waals surface area contributed by atoms with E-state index in [-0.39, 0.29) is 0 Å². The first-order valence-corrected chi connectivity index (χ1v) is 6.93. The first-order chi connectivity index (χ1) is 7.25. The summed E-state index contributed by atoms with van der Waals surface area (Å²) in [6.45, 7) is 0. The molecule has 1 saturated carbocycles. The van der Waals surface area contributed by atoms with Gasteiger partial charge in [0.1, 0.15) is 0 Å². The molecule has 0 saturated heterocycles. The molecule has 1 atom stereocenters. The fraction of sp³-hybridized carbons (Fsp3) is 0.538. The van der Waals surface area contributed by atoms with Crippen LogP contribution in [0.2, 0.25) is 5.02 Å². The zero-order chi connectivity index (χ0) is 10.7. The van der Waals surface area contributed by atoms with Gasteiger partial charge in [-0.1, -0.05) is 52.5 Å². The van der Waals surface area contributed by atoms with E-state index < -0.39 is 0 Å². The average molecular weight is 288 g/mol. The molecule has 1 unspecified atom stereocenters. The normalized spacial score (nSPS) is 19.3. The number of rotatable bonds is 3. The van der Waals surface area contributed by atoms with Crippen molar-refractivity contribution in [2.24, 2.45) is 5.92 Å². The molecule has 2 heteroatoms. The Morgan fingerprint density at radius 1 is 1.20 bits per heavy atom. The van der Waals surface area contributed by atoms with Crippen molar-refractivity contribution in [3.63, 3.8) is 0 Å². The van der Waals surface area contributed by atoms with E-state index in [1.54, 1.807) is 0 Å². The van der Waals surface area contributed by atoms with Crippen molar-refractivity contribution >= 4 is 27.5 Å². The molecule has 0 radical (unpaired) electrons. The summed E-state index contributed by atoms with van der Waals surface area (Å²) in [4.78, 5) is 0.640. The van der Waals surface area contributed by atoms with Gasteiger partial charge in [0.15, 0.2) is 0 Å². The molecule has 1 aliphatic carbocycles. The minimum atomic E-state index is 0.640. The van der Waals surface area contributed by atoms with E-state index in [1.165, 1.54) is 31.2 Å². The summed E-state index contributed by atoms with van der Waals surface area (Å²) in [6, 6.07) is 8.22. The molecule has 82 valence electrons. The van der Waals surface area contributed by atoms with Crippen LogP contribution in [0, 0.1) is 5.92 Å². The molecule has 0 aromatic heterocycles. The van der Waals surface area contributed by atoms with Crippen molar-refractivity contribution in [1.29, 1.82) is 0 Å². The molecular weight excluding hydrogens is 272 g/mol. The van der Waals surface area contributed by atoms with Crippen LogP contribution in [0.5, 0.6) is 0 Å². The molecule has 1 aromatic rings. The van der Waals surface area contributed by atoms with Gasteiger partial charge in [-0.2, -0.15) is 0 Å². The van der Waals surface area contributed by atoms with Gasteiger partial charge in [-0.05, 0) is 42.9 Å². The van der Waals surface area contributed by atoms with Gasteiger partial charge in [0.25, 0.3) is 0 Å². The number of benzene rings is 1. The molecule has 0 bridgehead atoms. The summed E-state index contributed by atoms with van der Waals surface area (Å²) in [7, 11) is 0. The van der Waals surface area contributed by atoms with E-state index >= 15 is 0 Å². The third-order valence-electron chi connectivity index (χ3n) is 3.26. The number of hydrogen-bond acceptors (Lipinski definition) is 0. The van der Waals surface area contributed by atoms with Gasteiger partial charge in [0.2, 0.25) is 0 Å². The maximum absolute atomic E-state index is 5.86. The molecule has 1 fully saturated rings. The molecule has 1 aliphatic rings. The Morgan fingerprint density at radius 2 is 1.80 bits per heavy atom. The minimum Gasteiger partial charge on any atom is -0.0884 e. The van der Waals surface area contributed by atoms with Gasteiger partial charge < -0.3 is 0 Å². The van der Waals surface area contributed by atoms with Crippen molar-refractivity contribution in [3.8, 4) is 0 Å². The zero-order valence-corrected chi connectivity index (χ0v) is 11.1. The Balaban J connectivity index is 1.92. The lowest BCUT2D eigenvalue weighted by Crippen LogP contribution is -2.13. The second kappa shape index (κ2) is 5.36. The smallest absolute Gasteiger partial charge is 0.0406 e. The number of alkyl halides is 1. The maximum Gasteiger partial charge on any atom is 0.0406 e. The summed E-state index contributed by atoms with van der Waals surface area (Å²) < 4.78 is 0. The van der Waals surface area contributed by atoms with Crippen molar-refractivity contribution in [2.45, 2.75) is 36.9 Å². The van der Waals surface area contributed by atoms with Crippen LogP contribution in [0.25, 0.3) is 0 Å². The number of hydrogen-bond donors (Lipinski definition) is 0. The van der Waals surface area contributed by atoms with Gasteiger partial charge in [-0.25, -0.2) is 0 Å². The Morgan fingerprint density at radius 3 is 2.40 bits per heavy atom. The molecule has 2 rings (SSSR count). The standard InChI is InChI=1S/C13H16BrCl/c14-13(11-3-1-2-4-11)9-10-5-7-12(15)8-6-10/h5-8,11,13H,1-4,9H2. The van der Waals surface area contributed by atoms with Gasteiger partial charge in [0, 0.05) is 9.85 Å². The lowest BCUT2D eigenvalue weighted by Gasteiger charge is -2.16. The summed E-state index contributed by atoms with van der Waals surface area (Å²) >= 11 is 9.69. The number of halogens is 2. The Bertz CT molecular complexity index is 301. The van der Waals surface area contributed by atoms with E-state index in [0.717, 1.165) is 17.4 Å². The lowest BCUT2D eigenvalue weighted by molar-refractivity contribution is 0.525. The maximum atomic E-state index is 5.86. The second-order valence-corrected chi connectivity index (χ2v) is 6.00.